The van der Waals surface area contributed by atoms with Crippen molar-refractivity contribution in [3.8, 4) is 0 Å². The van der Waals surface area contributed by atoms with Crippen molar-refractivity contribution in [3.63, 3.8) is 0 Å². The van der Waals surface area contributed by atoms with Crippen LogP contribution in [0, 0.1) is 0 Å². The molecule has 12 heteroatoms. The van der Waals surface area contributed by atoms with E-state index in [4.69, 9.17) is 21.7 Å². The van der Waals surface area contributed by atoms with Gasteiger partial charge in [0.05, 0.1) is 27.1 Å². The van der Waals surface area contributed by atoms with Crippen molar-refractivity contribution in [1.29, 1.82) is 0 Å². The van der Waals surface area contributed by atoms with E-state index in [9.17, 15) is 19.2 Å². The molecule has 0 saturated carbocycles. The van der Waals surface area contributed by atoms with Crippen molar-refractivity contribution in [3.05, 3.63) is 0 Å². The van der Waals surface area contributed by atoms with Gasteiger partial charge in [0.25, 0.3) is 0 Å². The maximum atomic E-state index is 10.7. The van der Waals surface area contributed by atoms with Crippen LogP contribution in [0.1, 0.15) is 25.7 Å². The Kier molecular flexibility index (Phi) is 24.3. The molecule has 0 aromatic rings. The molecule has 0 rings (SSSR count). The Morgan fingerprint density at radius 2 is 1.07 bits per heavy atom. The van der Waals surface area contributed by atoms with Gasteiger partial charge in [0, 0.05) is 0 Å². The third-order valence-corrected chi connectivity index (χ3v) is 4.11. The van der Waals surface area contributed by atoms with E-state index in [1.54, 1.807) is 23.5 Å². The second-order valence-corrected chi connectivity index (χ2v) is 7.08. The van der Waals surface area contributed by atoms with Crippen molar-refractivity contribution >= 4 is 47.4 Å². The lowest BCUT2D eigenvalue weighted by Gasteiger charge is -2.06. The van der Waals surface area contributed by atoms with Gasteiger partial charge in [0.15, 0.2) is 0 Å². The summed E-state index contributed by atoms with van der Waals surface area (Å²) in [6.45, 7) is 0. The van der Waals surface area contributed by atoms with Gasteiger partial charge < -0.3 is 31.2 Å². The number of carbonyl (C=O) groups excluding carboxylic acids is 2. The number of rotatable bonds is 11. The SMILES string of the molecule is COC(=O)[C@@H](N)CCSC.COC(=O)[C@@H](N)CCSC.O=C(O)CCC(=O)O. The molecule has 0 amide bonds. The van der Waals surface area contributed by atoms with Crippen LogP contribution in [0.5, 0.6) is 0 Å². The number of esters is 2. The van der Waals surface area contributed by atoms with Crippen LogP contribution < -0.4 is 11.5 Å². The highest BCUT2D eigenvalue weighted by molar-refractivity contribution is 7.98. The fourth-order valence-corrected chi connectivity index (χ4v) is 2.22. The van der Waals surface area contributed by atoms with Crippen LogP contribution in [-0.4, -0.2) is 84.4 Å². The van der Waals surface area contributed by atoms with Crippen LogP contribution in [-0.2, 0) is 28.7 Å². The molecule has 0 unspecified atom stereocenters. The Morgan fingerprint density at radius 3 is 1.25 bits per heavy atom. The minimum absolute atomic E-state index is 0.296. The quantitative estimate of drug-likeness (QED) is 0.323. The summed E-state index contributed by atoms with van der Waals surface area (Å²) in [5, 5.41) is 15.8. The predicted molar refractivity (Wildman–Crippen MR) is 110 cm³/mol. The van der Waals surface area contributed by atoms with Crippen LogP contribution in [0.15, 0.2) is 0 Å². The van der Waals surface area contributed by atoms with Gasteiger partial charge in [-0.2, -0.15) is 23.5 Å². The number of ether oxygens (including phenoxy) is 2. The molecule has 0 saturated heterocycles. The number of hydrogen-bond acceptors (Lipinski definition) is 10. The first-order chi connectivity index (χ1) is 13.1. The Morgan fingerprint density at radius 1 is 0.786 bits per heavy atom. The van der Waals surface area contributed by atoms with E-state index in [1.807, 2.05) is 12.5 Å². The van der Waals surface area contributed by atoms with Gasteiger partial charge >= 0.3 is 23.9 Å². The molecular weight excluding hydrogens is 412 g/mol. The molecule has 0 aliphatic heterocycles. The molecule has 0 aromatic heterocycles. The minimum atomic E-state index is -1.08. The number of thioether (sulfide) groups is 2. The molecule has 6 N–H and O–H groups in total. The summed E-state index contributed by atoms with van der Waals surface area (Å²) >= 11 is 3.34. The van der Waals surface area contributed by atoms with E-state index in [1.165, 1.54) is 14.2 Å². The summed E-state index contributed by atoms with van der Waals surface area (Å²) in [5.74, 6) is -1.00. The first-order valence-electron chi connectivity index (χ1n) is 8.15. The second-order valence-electron chi connectivity index (χ2n) is 5.11. The molecule has 28 heavy (non-hydrogen) atoms. The molecule has 10 nitrogen and oxygen atoms in total. The van der Waals surface area contributed by atoms with E-state index >= 15 is 0 Å². The molecule has 0 heterocycles. The standard InChI is InChI=1S/2C6H13NO2S.C4H6O4/c2*1-9-6(8)5(7)3-4-10-2;5-3(6)1-2-4(7)8/h2*5H,3-4,7H2,1-2H3;1-2H2,(H,5,6)(H,7,8)/t2*5-;/m00./s1. The molecule has 0 aliphatic rings. The van der Waals surface area contributed by atoms with Gasteiger partial charge in [0.2, 0.25) is 0 Å². The van der Waals surface area contributed by atoms with Crippen LogP contribution in [0.3, 0.4) is 0 Å². The largest absolute Gasteiger partial charge is 0.481 e. The summed E-state index contributed by atoms with van der Waals surface area (Å²) < 4.78 is 8.87. The average molecular weight is 445 g/mol. The van der Waals surface area contributed by atoms with Crippen molar-refractivity contribution in [1.82, 2.24) is 0 Å². The van der Waals surface area contributed by atoms with E-state index in [0.717, 1.165) is 11.5 Å². The fourth-order valence-electron chi connectivity index (χ4n) is 1.24. The highest BCUT2D eigenvalue weighted by Gasteiger charge is 2.12. The zero-order valence-corrected chi connectivity index (χ0v) is 18.3. The maximum absolute atomic E-state index is 10.7. The van der Waals surface area contributed by atoms with E-state index in [2.05, 4.69) is 9.47 Å². The third-order valence-electron chi connectivity index (χ3n) is 2.83. The molecule has 0 aromatic carbocycles. The second kappa shape index (κ2) is 21.8. The van der Waals surface area contributed by atoms with E-state index < -0.39 is 24.0 Å². The molecule has 0 fully saturated rings. The predicted octanol–water partition coefficient (Wildman–Crippen LogP) is 0.415. The van der Waals surface area contributed by atoms with E-state index in [0.29, 0.717) is 12.8 Å². The number of carboxylic acids is 2. The number of carboxylic acid groups (broad SMARTS) is 2. The van der Waals surface area contributed by atoms with Crippen LogP contribution in [0.4, 0.5) is 0 Å². The highest BCUT2D eigenvalue weighted by Crippen LogP contribution is 1.99. The zero-order valence-electron chi connectivity index (χ0n) is 16.7. The monoisotopic (exact) mass is 444 g/mol. The Bertz CT molecular complexity index is 412. The number of aliphatic carboxylic acids is 2. The summed E-state index contributed by atoms with van der Waals surface area (Å²) in [5.41, 5.74) is 10.9. The molecular formula is C16H32N2O8S2. The van der Waals surface area contributed by atoms with Crippen LogP contribution in [0.2, 0.25) is 0 Å². The van der Waals surface area contributed by atoms with Crippen molar-refractivity contribution in [2.24, 2.45) is 11.5 Å². The molecule has 0 aliphatic carbocycles. The lowest BCUT2D eigenvalue weighted by Crippen LogP contribution is -2.31. The lowest BCUT2D eigenvalue weighted by molar-refractivity contribution is -0.143. The van der Waals surface area contributed by atoms with Gasteiger partial charge in [-0.1, -0.05) is 0 Å². The normalized spacial score (nSPS) is 11.5. The smallest absolute Gasteiger partial charge is 0.322 e. The maximum Gasteiger partial charge on any atom is 0.322 e. The van der Waals surface area contributed by atoms with Gasteiger partial charge in [-0.3, -0.25) is 19.2 Å². The number of carbonyl (C=O) groups is 4. The fraction of sp³-hybridized carbons (Fsp3) is 0.750. The lowest BCUT2D eigenvalue weighted by atomic mass is 10.2. The number of hydrogen-bond donors (Lipinski definition) is 4. The van der Waals surface area contributed by atoms with Gasteiger partial charge in [-0.05, 0) is 36.9 Å². The number of methoxy groups -OCH3 is 2. The first-order valence-corrected chi connectivity index (χ1v) is 10.9. The van der Waals surface area contributed by atoms with Crippen molar-refractivity contribution < 1.29 is 38.9 Å². The Labute approximate surface area is 174 Å². The molecule has 0 spiro atoms. The summed E-state index contributed by atoms with van der Waals surface area (Å²) in [7, 11) is 2.70. The van der Waals surface area contributed by atoms with Crippen molar-refractivity contribution in [2.45, 2.75) is 37.8 Å². The summed E-state index contributed by atoms with van der Waals surface area (Å²) in [6.07, 6.45) is 4.74. The van der Waals surface area contributed by atoms with Crippen molar-refractivity contribution in [2.75, 3.05) is 38.2 Å². The third kappa shape index (κ3) is 24.5. The highest BCUT2D eigenvalue weighted by atomic mass is 32.2. The van der Waals surface area contributed by atoms with Crippen LogP contribution in [0.25, 0.3) is 0 Å². The van der Waals surface area contributed by atoms with Gasteiger partial charge in [0.1, 0.15) is 12.1 Å². The van der Waals surface area contributed by atoms with E-state index in [-0.39, 0.29) is 24.8 Å². The number of nitrogens with two attached hydrogens (primary N) is 2. The molecule has 0 radical (unpaired) electrons. The summed E-state index contributed by atoms with van der Waals surface area (Å²) in [6, 6.07) is -0.894. The molecule has 166 valence electrons. The minimum Gasteiger partial charge on any atom is -0.481 e. The Hall–Kier alpha value is -1.50. The molecule has 2 atom stereocenters. The zero-order chi connectivity index (χ0) is 22.5. The topological polar surface area (TPSA) is 179 Å². The Balaban J connectivity index is -0.000000337. The molecule has 0 bridgehead atoms. The van der Waals surface area contributed by atoms with Crippen LogP contribution >= 0.6 is 23.5 Å². The first kappa shape index (κ1) is 31.2. The summed E-state index contributed by atoms with van der Waals surface area (Å²) in [4.78, 5) is 40.6. The van der Waals surface area contributed by atoms with Gasteiger partial charge in [-0.15, -0.1) is 0 Å². The average Bonchev–Trinajstić information content (AvgIpc) is 2.68. The van der Waals surface area contributed by atoms with Gasteiger partial charge in [-0.25, -0.2) is 0 Å².